The Labute approximate surface area is 154 Å². The Morgan fingerprint density at radius 3 is 2.54 bits per heavy atom. The standard InChI is InChI=1S/C17H17N3O4S2/c1-10(2)20-14-8-7-11(9-15(14)25-17(20)22)26(23,24)19-13-6-4-3-5-12(13)16(18)21/h3-10,19H,1-2H3,(H2,18,21). The molecule has 0 unspecified atom stereocenters. The van der Waals surface area contributed by atoms with Crippen molar-refractivity contribution in [2.45, 2.75) is 24.8 Å². The van der Waals surface area contributed by atoms with E-state index >= 15 is 0 Å². The van der Waals surface area contributed by atoms with Crippen LogP contribution in [0.1, 0.15) is 30.2 Å². The number of hydrogen-bond acceptors (Lipinski definition) is 5. The number of carbonyl (C=O) groups is 1. The predicted octanol–water partition coefficient (Wildman–Crippen LogP) is 2.54. The molecule has 0 saturated carbocycles. The van der Waals surface area contributed by atoms with Crippen LogP contribution in [0.15, 0.2) is 52.2 Å². The van der Waals surface area contributed by atoms with E-state index < -0.39 is 15.9 Å². The van der Waals surface area contributed by atoms with Crippen LogP contribution in [0.3, 0.4) is 0 Å². The number of nitrogens with two attached hydrogens (primary N) is 1. The first kappa shape index (κ1) is 18.2. The van der Waals surface area contributed by atoms with E-state index in [1.807, 2.05) is 13.8 Å². The second-order valence-electron chi connectivity index (χ2n) is 5.98. The first-order chi connectivity index (χ1) is 12.2. The molecule has 1 amide bonds. The van der Waals surface area contributed by atoms with Crippen molar-refractivity contribution in [1.82, 2.24) is 4.57 Å². The Morgan fingerprint density at radius 1 is 1.19 bits per heavy atom. The molecule has 0 bridgehead atoms. The van der Waals surface area contributed by atoms with E-state index in [1.54, 1.807) is 22.8 Å². The molecule has 0 radical (unpaired) electrons. The van der Waals surface area contributed by atoms with Crippen molar-refractivity contribution in [2.24, 2.45) is 5.73 Å². The van der Waals surface area contributed by atoms with Gasteiger partial charge >= 0.3 is 4.87 Å². The van der Waals surface area contributed by atoms with E-state index in [4.69, 9.17) is 5.73 Å². The molecular weight excluding hydrogens is 374 g/mol. The van der Waals surface area contributed by atoms with Crippen molar-refractivity contribution in [3.05, 3.63) is 57.7 Å². The number of aromatic nitrogens is 1. The number of benzene rings is 2. The summed E-state index contributed by atoms with van der Waals surface area (Å²) in [5.74, 6) is -0.731. The topological polar surface area (TPSA) is 111 Å². The largest absolute Gasteiger partial charge is 0.366 e. The molecule has 7 nitrogen and oxygen atoms in total. The number of hydrogen-bond donors (Lipinski definition) is 2. The summed E-state index contributed by atoms with van der Waals surface area (Å²) in [6.07, 6.45) is 0. The van der Waals surface area contributed by atoms with Crippen LogP contribution < -0.4 is 15.3 Å². The molecule has 3 rings (SSSR count). The van der Waals surface area contributed by atoms with Crippen LogP contribution in [0.5, 0.6) is 0 Å². The average molecular weight is 391 g/mol. The molecule has 0 aliphatic heterocycles. The summed E-state index contributed by atoms with van der Waals surface area (Å²) in [5.41, 5.74) is 6.15. The lowest BCUT2D eigenvalue weighted by Gasteiger charge is -2.11. The highest BCUT2D eigenvalue weighted by Gasteiger charge is 2.19. The number of carbonyl (C=O) groups excluding carboxylic acids is 1. The zero-order valence-corrected chi connectivity index (χ0v) is 15.7. The highest BCUT2D eigenvalue weighted by atomic mass is 32.2. The maximum absolute atomic E-state index is 12.7. The number of para-hydroxylation sites is 1. The first-order valence-electron chi connectivity index (χ1n) is 7.77. The van der Waals surface area contributed by atoms with Gasteiger partial charge in [0.2, 0.25) is 0 Å². The van der Waals surface area contributed by atoms with Crippen molar-refractivity contribution in [3.63, 3.8) is 0 Å². The number of nitrogens with zero attached hydrogens (tertiary/aromatic N) is 1. The fourth-order valence-corrected chi connectivity index (χ4v) is 4.90. The minimum atomic E-state index is -3.95. The Kier molecular flexibility index (Phi) is 4.59. The second-order valence-corrected chi connectivity index (χ2v) is 8.65. The van der Waals surface area contributed by atoms with Crippen molar-refractivity contribution >= 4 is 43.2 Å². The lowest BCUT2D eigenvalue weighted by Crippen LogP contribution is -2.18. The van der Waals surface area contributed by atoms with Crippen LogP contribution in [-0.2, 0) is 10.0 Å². The lowest BCUT2D eigenvalue weighted by atomic mass is 10.2. The molecule has 3 N–H and O–H groups in total. The number of sulfonamides is 1. The van der Waals surface area contributed by atoms with Crippen molar-refractivity contribution in [2.75, 3.05) is 4.72 Å². The van der Waals surface area contributed by atoms with E-state index in [-0.39, 0.29) is 27.1 Å². The molecule has 1 heterocycles. The fraction of sp³-hybridized carbons (Fsp3) is 0.176. The van der Waals surface area contributed by atoms with Gasteiger partial charge in [0.1, 0.15) is 0 Å². The van der Waals surface area contributed by atoms with Crippen LogP contribution >= 0.6 is 11.3 Å². The molecular formula is C17H17N3O4S2. The van der Waals surface area contributed by atoms with Gasteiger partial charge in [0.15, 0.2) is 0 Å². The molecule has 2 aromatic carbocycles. The van der Waals surface area contributed by atoms with Gasteiger partial charge in [-0.1, -0.05) is 23.5 Å². The fourth-order valence-electron chi connectivity index (χ4n) is 2.66. The molecule has 136 valence electrons. The summed E-state index contributed by atoms with van der Waals surface area (Å²) in [4.78, 5) is 23.5. The molecule has 0 saturated heterocycles. The van der Waals surface area contributed by atoms with Gasteiger partial charge < -0.3 is 5.73 Å². The van der Waals surface area contributed by atoms with Crippen LogP contribution in [0.4, 0.5) is 5.69 Å². The molecule has 0 aliphatic carbocycles. The van der Waals surface area contributed by atoms with E-state index in [0.717, 1.165) is 11.3 Å². The summed E-state index contributed by atoms with van der Waals surface area (Å²) >= 11 is 0.993. The Bertz CT molecular complexity index is 1160. The van der Waals surface area contributed by atoms with Crippen LogP contribution in [0.25, 0.3) is 10.2 Å². The van der Waals surface area contributed by atoms with Gasteiger partial charge in [0.05, 0.1) is 26.4 Å². The van der Waals surface area contributed by atoms with Gasteiger partial charge in [-0.25, -0.2) is 8.42 Å². The molecule has 26 heavy (non-hydrogen) atoms. The summed E-state index contributed by atoms with van der Waals surface area (Å²) in [7, 11) is -3.95. The molecule has 0 atom stereocenters. The third-order valence-electron chi connectivity index (χ3n) is 3.85. The average Bonchev–Trinajstić information content (AvgIpc) is 2.89. The van der Waals surface area contributed by atoms with Crippen LogP contribution in [0, 0.1) is 0 Å². The van der Waals surface area contributed by atoms with Crippen LogP contribution in [-0.4, -0.2) is 18.9 Å². The van der Waals surface area contributed by atoms with Gasteiger partial charge in [0.25, 0.3) is 15.9 Å². The van der Waals surface area contributed by atoms with E-state index in [9.17, 15) is 18.0 Å². The van der Waals surface area contributed by atoms with Gasteiger partial charge in [-0.15, -0.1) is 0 Å². The number of rotatable bonds is 5. The van der Waals surface area contributed by atoms with Crippen LogP contribution in [0.2, 0.25) is 0 Å². The van der Waals surface area contributed by atoms with Crippen molar-refractivity contribution in [1.29, 1.82) is 0 Å². The summed E-state index contributed by atoms with van der Waals surface area (Å²) in [5, 5.41) is 0. The smallest absolute Gasteiger partial charge is 0.308 e. The maximum Gasteiger partial charge on any atom is 0.308 e. The molecule has 0 spiro atoms. The highest BCUT2D eigenvalue weighted by Crippen LogP contribution is 2.26. The number of primary amides is 1. The summed E-state index contributed by atoms with van der Waals surface area (Å²) in [6, 6.07) is 10.6. The van der Waals surface area contributed by atoms with Gasteiger partial charge in [-0.3, -0.25) is 18.9 Å². The van der Waals surface area contributed by atoms with E-state index in [2.05, 4.69) is 4.72 Å². The van der Waals surface area contributed by atoms with Gasteiger partial charge in [-0.05, 0) is 44.2 Å². The summed E-state index contributed by atoms with van der Waals surface area (Å²) < 4.78 is 30.0. The number of anilines is 1. The lowest BCUT2D eigenvalue weighted by molar-refractivity contribution is 0.100. The van der Waals surface area contributed by atoms with Gasteiger partial charge in [-0.2, -0.15) is 0 Å². The minimum absolute atomic E-state index is 0.00132. The molecule has 9 heteroatoms. The normalized spacial score (nSPS) is 11.8. The molecule has 0 fully saturated rings. The quantitative estimate of drug-likeness (QED) is 0.696. The monoisotopic (exact) mass is 391 g/mol. The Balaban J connectivity index is 2.06. The van der Waals surface area contributed by atoms with Crippen molar-refractivity contribution in [3.8, 4) is 0 Å². The number of fused-ring (bicyclic) bond motifs is 1. The zero-order valence-electron chi connectivity index (χ0n) is 14.1. The first-order valence-corrected chi connectivity index (χ1v) is 10.1. The second kappa shape index (κ2) is 6.58. The van der Waals surface area contributed by atoms with E-state index in [0.29, 0.717) is 10.2 Å². The number of nitrogens with one attached hydrogen (secondary N) is 1. The molecule has 0 aliphatic rings. The SMILES string of the molecule is CC(C)n1c(=O)sc2cc(S(=O)(=O)Nc3ccccc3C(N)=O)ccc21. The molecule has 3 aromatic rings. The predicted molar refractivity (Wildman–Crippen MR) is 102 cm³/mol. The number of amides is 1. The third-order valence-corrected chi connectivity index (χ3v) is 6.13. The van der Waals surface area contributed by atoms with Gasteiger partial charge in [0, 0.05) is 6.04 Å². The number of thiazole rings is 1. The highest BCUT2D eigenvalue weighted by molar-refractivity contribution is 7.92. The zero-order chi connectivity index (χ0) is 19.1. The minimum Gasteiger partial charge on any atom is -0.366 e. The third kappa shape index (κ3) is 3.23. The molecule has 1 aromatic heterocycles. The Hall–Kier alpha value is -2.65. The maximum atomic E-state index is 12.7. The Morgan fingerprint density at radius 2 is 1.88 bits per heavy atom. The van der Waals surface area contributed by atoms with Crippen molar-refractivity contribution < 1.29 is 13.2 Å². The summed E-state index contributed by atoms with van der Waals surface area (Å²) in [6.45, 7) is 3.78. The van der Waals surface area contributed by atoms with E-state index in [1.165, 1.54) is 24.3 Å².